The molecule has 0 radical (unpaired) electrons. The molecule has 8 nitrogen and oxygen atoms in total. The molecule has 1 fully saturated rings. The van der Waals surface area contributed by atoms with E-state index in [4.69, 9.17) is 4.74 Å². The maximum absolute atomic E-state index is 12.1. The minimum atomic E-state index is -0.185. The van der Waals surface area contributed by atoms with E-state index in [0.29, 0.717) is 18.8 Å². The molecular weight excluding hydrogens is 320 g/mol. The molecule has 1 N–H and O–H groups in total. The van der Waals surface area contributed by atoms with Crippen LogP contribution >= 0.6 is 0 Å². The Hall–Kier alpha value is -2.74. The number of hydrogen-bond acceptors (Lipinski definition) is 7. The molecule has 25 heavy (non-hydrogen) atoms. The zero-order valence-corrected chi connectivity index (χ0v) is 14.3. The van der Waals surface area contributed by atoms with Gasteiger partial charge < -0.3 is 19.9 Å². The molecule has 1 amide bonds. The average Bonchev–Trinajstić information content (AvgIpc) is 2.69. The summed E-state index contributed by atoms with van der Waals surface area (Å²) in [5.41, 5.74) is 1.42. The van der Waals surface area contributed by atoms with Gasteiger partial charge in [0.05, 0.1) is 6.61 Å². The first-order valence-corrected chi connectivity index (χ1v) is 8.28. The lowest BCUT2D eigenvalue weighted by atomic mass is 10.2. The highest BCUT2D eigenvalue weighted by molar-refractivity contribution is 5.93. The van der Waals surface area contributed by atoms with Crippen molar-refractivity contribution >= 4 is 17.5 Å². The molecule has 0 unspecified atom stereocenters. The molecule has 3 rings (SSSR count). The maximum atomic E-state index is 12.1. The Balaban J connectivity index is 1.60. The summed E-state index contributed by atoms with van der Waals surface area (Å²) in [5.74, 6) is 0.574. The molecule has 1 saturated heterocycles. The van der Waals surface area contributed by atoms with E-state index in [1.807, 2.05) is 18.2 Å². The quantitative estimate of drug-likeness (QED) is 0.769. The van der Waals surface area contributed by atoms with Crippen molar-refractivity contribution in [2.75, 3.05) is 56.2 Å². The number of nitrogens with zero attached hydrogens (tertiary/aromatic N) is 5. The van der Waals surface area contributed by atoms with Crippen LogP contribution in [0.5, 0.6) is 0 Å². The lowest BCUT2D eigenvalue weighted by Crippen LogP contribution is -2.47. The van der Waals surface area contributed by atoms with Crippen molar-refractivity contribution in [3.8, 4) is 0 Å². The molecule has 0 spiro atoms. The number of nitrogens with one attached hydrogen (secondary N) is 1. The van der Waals surface area contributed by atoms with E-state index in [0.717, 1.165) is 37.8 Å². The first-order valence-electron chi connectivity index (χ1n) is 8.28. The van der Waals surface area contributed by atoms with Gasteiger partial charge in [0.25, 0.3) is 5.91 Å². The number of amides is 1. The third kappa shape index (κ3) is 4.42. The Morgan fingerprint density at radius 3 is 2.56 bits per heavy atom. The van der Waals surface area contributed by atoms with Crippen LogP contribution in [0.2, 0.25) is 0 Å². The first-order chi connectivity index (χ1) is 12.3. The van der Waals surface area contributed by atoms with Gasteiger partial charge in [0.15, 0.2) is 0 Å². The van der Waals surface area contributed by atoms with Crippen LogP contribution in [0, 0.1) is 0 Å². The second-order valence-electron chi connectivity index (χ2n) is 5.67. The van der Waals surface area contributed by atoms with Crippen LogP contribution < -0.4 is 15.1 Å². The molecule has 0 bridgehead atoms. The number of carbonyl (C=O) groups is 1. The normalized spacial score (nSPS) is 14.4. The molecule has 3 heterocycles. The standard InChI is InChI=1S/C17H22N6O2/c1-25-12-7-19-16(24)15-13-14(3-6-18-15)22-8-10-23(11-9-22)17-20-4-2-5-21-17/h2-6,13H,7-12H2,1H3,(H,19,24). The predicted octanol–water partition coefficient (Wildman–Crippen LogP) is 0.574. The van der Waals surface area contributed by atoms with Crippen LogP contribution in [-0.4, -0.2) is 67.3 Å². The van der Waals surface area contributed by atoms with Crippen molar-refractivity contribution in [1.82, 2.24) is 20.3 Å². The molecule has 1 aliphatic rings. The fraction of sp³-hybridized carbons (Fsp3) is 0.412. The van der Waals surface area contributed by atoms with Gasteiger partial charge in [-0.1, -0.05) is 0 Å². The highest BCUT2D eigenvalue weighted by atomic mass is 16.5. The average molecular weight is 342 g/mol. The number of methoxy groups -OCH3 is 1. The number of aromatic nitrogens is 3. The number of ether oxygens (including phenoxy) is 1. The summed E-state index contributed by atoms with van der Waals surface area (Å²) < 4.78 is 4.94. The molecule has 0 atom stereocenters. The third-order valence-corrected chi connectivity index (χ3v) is 4.05. The molecule has 132 valence electrons. The Bertz CT molecular complexity index is 689. The van der Waals surface area contributed by atoms with Gasteiger partial charge in [-0.3, -0.25) is 9.78 Å². The van der Waals surface area contributed by atoms with Gasteiger partial charge in [-0.2, -0.15) is 0 Å². The molecule has 0 aliphatic carbocycles. The number of hydrogen-bond donors (Lipinski definition) is 1. The summed E-state index contributed by atoms with van der Waals surface area (Å²) >= 11 is 0. The SMILES string of the molecule is COCCNC(=O)c1cc(N2CCN(c3ncccn3)CC2)ccn1. The lowest BCUT2D eigenvalue weighted by Gasteiger charge is -2.36. The maximum Gasteiger partial charge on any atom is 0.270 e. The Morgan fingerprint density at radius 1 is 1.12 bits per heavy atom. The summed E-state index contributed by atoms with van der Waals surface area (Å²) in [5, 5.41) is 2.79. The van der Waals surface area contributed by atoms with E-state index in [2.05, 4.69) is 30.1 Å². The van der Waals surface area contributed by atoms with E-state index in [9.17, 15) is 4.79 Å². The van der Waals surface area contributed by atoms with Gasteiger partial charge in [-0.25, -0.2) is 9.97 Å². The van der Waals surface area contributed by atoms with Crippen molar-refractivity contribution in [2.45, 2.75) is 0 Å². The van der Waals surface area contributed by atoms with E-state index in [-0.39, 0.29) is 5.91 Å². The highest BCUT2D eigenvalue weighted by Gasteiger charge is 2.20. The first kappa shape index (κ1) is 17.1. The van der Waals surface area contributed by atoms with Crippen LogP contribution in [0.4, 0.5) is 11.6 Å². The molecule has 2 aromatic rings. The predicted molar refractivity (Wildman–Crippen MR) is 94.9 cm³/mol. The van der Waals surface area contributed by atoms with Crippen LogP contribution in [0.3, 0.4) is 0 Å². The fourth-order valence-corrected chi connectivity index (χ4v) is 2.72. The van der Waals surface area contributed by atoms with Crippen LogP contribution in [0.25, 0.3) is 0 Å². The van der Waals surface area contributed by atoms with Crippen molar-refractivity contribution < 1.29 is 9.53 Å². The minimum Gasteiger partial charge on any atom is -0.383 e. The molecule has 2 aromatic heterocycles. The number of carbonyl (C=O) groups excluding carboxylic acids is 1. The molecule has 1 aliphatic heterocycles. The smallest absolute Gasteiger partial charge is 0.270 e. The van der Waals surface area contributed by atoms with Crippen LogP contribution in [0.1, 0.15) is 10.5 Å². The summed E-state index contributed by atoms with van der Waals surface area (Å²) in [7, 11) is 1.60. The number of piperazine rings is 1. The number of rotatable bonds is 6. The van der Waals surface area contributed by atoms with Crippen molar-refractivity contribution in [1.29, 1.82) is 0 Å². The van der Waals surface area contributed by atoms with Crippen molar-refractivity contribution in [3.05, 3.63) is 42.5 Å². The Kier molecular flexibility index (Phi) is 5.73. The van der Waals surface area contributed by atoms with Gasteiger partial charge in [-0.05, 0) is 18.2 Å². The molecule has 8 heteroatoms. The van der Waals surface area contributed by atoms with Crippen LogP contribution in [-0.2, 0) is 4.74 Å². The van der Waals surface area contributed by atoms with Crippen LogP contribution in [0.15, 0.2) is 36.8 Å². The minimum absolute atomic E-state index is 0.185. The Labute approximate surface area is 146 Å². The fourth-order valence-electron chi connectivity index (χ4n) is 2.72. The summed E-state index contributed by atoms with van der Waals surface area (Å²) in [6.07, 6.45) is 5.19. The summed E-state index contributed by atoms with van der Waals surface area (Å²) in [6.45, 7) is 4.30. The zero-order chi connectivity index (χ0) is 17.5. The van der Waals surface area contributed by atoms with Crippen molar-refractivity contribution in [2.24, 2.45) is 0 Å². The van der Waals surface area contributed by atoms with Gasteiger partial charge in [0, 0.05) is 64.1 Å². The second kappa shape index (κ2) is 8.39. The largest absolute Gasteiger partial charge is 0.383 e. The monoisotopic (exact) mass is 342 g/mol. The van der Waals surface area contributed by atoms with Gasteiger partial charge in [0.2, 0.25) is 5.95 Å². The van der Waals surface area contributed by atoms with Crippen molar-refractivity contribution in [3.63, 3.8) is 0 Å². The van der Waals surface area contributed by atoms with E-state index >= 15 is 0 Å². The lowest BCUT2D eigenvalue weighted by molar-refractivity contribution is 0.0932. The molecular formula is C17H22N6O2. The van der Waals surface area contributed by atoms with Gasteiger partial charge in [-0.15, -0.1) is 0 Å². The topological polar surface area (TPSA) is 83.5 Å². The number of anilines is 2. The molecule has 0 saturated carbocycles. The Morgan fingerprint density at radius 2 is 1.84 bits per heavy atom. The number of pyridine rings is 1. The summed E-state index contributed by atoms with van der Waals surface area (Å²) in [6, 6.07) is 5.58. The summed E-state index contributed by atoms with van der Waals surface area (Å²) in [4.78, 5) is 29.3. The third-order valence-electron chi connectivity index (χ3n) is 4.05. The second-order valence-corrected chi connectivity index (χ2v) is 5.67. The van der Waals surface area contributed by atoms with E-state index in [1.165, 1.54) is 0 Å². The van der Waals surface area contributed by atoms with E-state index in [1.54, 1.807) is 25.7 Å². The van der Waals surface area contributed by atoms with Gasteiger partial charge >= 0.3 is 0 Å². The zero-order valence-electron chi connectivity index (χ0n) is 14.3. The molecule has 0 aromatic carbocycles. The van der Waals surface area contributed by atoms with E-state index < -0.39 is 0 Å². The highest BCUT2D eigenvalue weighted by Crippen LogP contribution is 2.18. The van der Waals surface area contributed by atoms with Gasteiger partial charge in [0.1, 0.15) is 5.69 Å².